The molecule has 0 radical (unpaired) electrons. The van der Waals surface area contributed by atoms with Gasteiger partial charge in [-0.15, -0.1) is 0 Å². The molecule has 2 fully saturated rings. The normalized spacial score (nSPS) is 27.4. The second-order valence-corrected chi connectivity index (χ2v) is 6.97. The van der Waals surface area contributed by atoms with Crippen molar-refractivity contribution in [1.82, 2.24) is 24.6 Å². The van der Waals surface area contributed by atoms with Crippen LogP contribution in [0.15, 0.2) is 29.4 Å². The predicted molar refractivity (Wildman–Crippen MR) is 87.4 cm³/mol. The van der Waals surface area contributed by atoms with E-state index >= 15 is 0 Å². The molecule has 7 heteroatoms. The highest BCUT2D eigenvalue weighted by atomic mass is 16.3. The van der Waals surface area contributed by atoms with Crippen molar-refractivity contribution in [3.8, 4) is 0 Å². The third-order valence-electron chi connectivity index (χ3n) is 5.58. The van der Waals surface area contributed by atoms with Crippen molar-refractivity contribution in [3.63, 3.8) is 0 Å². The molecular weight excluding hydrogens is 306 g/mol. The zero-order valence-electron chi connectivity index (χ0n) is 14.1. The first-order valence-corrected chi connectivity index (χ1v) is 8.51. The van der Waals surface area contributed by atoms with Gasteiger partial charge in [-0.05, 0) is 38.8 Å². The van der Waals surface area contributed by atoms with Gasteiger partial charge in [-0.2, -0.15) is 5.10 Å². The number of carbonyl (C=O) groups excluding carboxylic acids is 1. The highest BCUT2D eigenvalue weighted by molar-refractivity contribution is 5.92. The molecule has 1 amide bonds. The molecule has 7 nitrogen and oxygen atoms in total. The number of likely N-dealkylation sites (N-methyl/N-ethyl adjacent to an activating group) is 1. The lowest BCUT2D eigenvalue weighted by atomic mass is 9.92. The molecule has 24 heavy (non-hydrogen) atoms. The molecule has 0 spiro atoms. The van der Waals surface area contributed by atoms with Gasteiger partial charge < -0.3 is 9.32 Å². The molecule has 0 aliphatic carbocycles. The minimum absolute atomic E-state index is 0.0262. The van der Waals surface area contributed by atoms with Crippen molar-refractivity contribution in [2.75, 3.05) is 20.1 Å². The summed E-state index contributed by atoms with van der Waals surface area (Å²) < 4.78 is 7.28. The highest BCUT2D eigenvalue weighted by Gasteiger charge is 2.43. The van der Waals surface area contributed by atoms with Crippen LogP contribution in [0.1, 0.15) is 29.0 Å². The van der Waals surface area contributed by atoms with Crippen molar-refractivity contribution < 1.29 is 9.21 Å². The van der Waals surface area contributed by atoms with E-state index in [0.29, 0.717) is 23.8 Å². The molecule has 2 aromatic rings. The van der Waals surface area contributed by atoms with E-state index in [1.807, 2.05) is 22.6 Å². The first kappa shape index (κ1) is 15.4. The number of nitrogens with zero attached hydrogens (tertiary/aromatic N) is 5. The standard InChI is InChI=1S/C17H23N5O2/c1-12-4-6-24-16(12)17(23)21-5-3-15-13(8-21)7-14(20(15)2)9-22-11-18-10-19-22/h4,6,10-11,13-15H,3,5,7-9H2,1-2H3/t13-,14+,15+/m0/s1. The zero-order valence-corrected chi connectivity index (χ0v) is 14.1. The number of likely N-dealkylation sites (tertiary alicyclic amines) is 2. The summed E-state index contributed by atoms with van der Waals surface area (Å²) >= 11 is 0. The molecule has 3 atom stereocenters. The maximum absolute atomic E-state index is 12.7. The lowest BCUT2D eigenvalue weighted by Gasteiger charge is -2.37. The van der Waals surface area contributed by atoms with Gasteiger partial charge in [0.2, 0.25) is 0 Å². The summed E-state index contributed by atoms with van der Waals surface area (Å²) in [5.74, 6) is 1.02. The highest BCUT2D eigenvalue weighted by Crippen LogP contribution is 2.35. The summed E-state index contributed by atoms with van der Waals surface area (Å²) in [7, 11) is 2.19. The third kappa shape index (κ3) is 2.62. The van der Waals surface area contributed by atoms with Crippen LogP contribution < -0.4 is 0 Å². The second-order valence-electron chi connectivity index (χ2n) is 6.97. The van der Waals surface area contributed by atoms with E-state index in [4.69, 9.17) is 4.42 Å². The Morgan fingerprint density at radius 2 is 2.33 bits per heavy atom. The van der Waals surface area contributed by atoms with Crippen LogP contribution >= 0.6 is 0 Å². The van der Waals surface area contributed by atoms with Crippen molar-refractivity contribution in [2.45, 2.75) is 38.4 Å². The maximum atomic E-state index is 12.7. The smallest absolute Gasteiger partial charge is 0.289 e. The van der Waals surface area contributed by atoms with E-state index in [2.05, 4.69) is 22.0 Å². The molecule has 2 aromatic heterocycles. The van der Waals surface area contributed by atoms with E-state index in [1.54, 1.807) is 18.9 Å². The number of fused-ring (bicyclic) bond motifs is 1. The van der Waals surface area contributed by atoms with E-state index in [9.17, 15) is 4.79 Å². The Labute approximate surface area is 141 Å². The van der Waals surface area contributed by atoms with Gasteiger partial charge >= 0.3 is 0 Å². The van der Waals surface area contributed by atoms with Crippen LogP contribution in [0, 0.1) is 12.8 Å². The molecule has 0 saturated carbocycles. The number of amides is 1. The minimum atomic E-state index is 0.0262. The monoisotopic (exact) mass is 329 g/mol. The number of aryl methyl sites for hydroxylation is 1. The fourth-order valence-corrected chi connectivity index (χ4v) is 4.24. The molecular formula is C17H23N5O2. The largest absolute Gasteiger partial charge is 0.459 e. The van der Waals surface area contributed by atoms with Gasteiger partial charge in [0.25, 0.3) is 5.91 Å². The average molecular weight is 329 g/mol. The van der Waals surface area contributed by atoms with Crippen LogP contribution in [0.3, 0.4) is 0 Å². The minimum Gasteiger partial charge on any atom is -0.459 e. The van der Waals surface area contributed by atoms with E-state index in [0.717, 1.165) is 38.0 Å². The summed E-state index contributed by atoms with van der Waals surface area (Å²) in [6.07, 6.45) is 7.04. The van der Waals surface area contributed by atoms with E-state index < -0.39 is 0 Å². The number of hydrogen-bond donors (Lipinski definition) is 0. The Bertz CT molecular complexity index is 710. The molecule has 0 bridgehead atoms. The van der Waals surface area contributed by atoms with Gasteiger partial charge in [0.15, 0.2) is 5.76 Å². The number of aromatic nitrogens is 3. The Balaban J connectivity index is 1.44. The Morgan fingerprint density at radius 1 is 1.46 bits per heavy atom. The van der Waals surface area contributed by atoms with Crippen LogP contribution in [0.25, 0.3) is 0 Å². The van der Waals surface area contributed by atoms with Crippen molar-refractivity contribution in [2.24, 2.45) is 5.92 Å². The van der Waals surface area contributed by atoms with E-state index in [1.165, 1.54) is 0 Å². The molecule has 128 valence electrons. The SMILES string of the molecule is Cc1ccoc1C(=O)N1CC[C@@H]2[C@@H](C[C@H](Cn3cncn3)N2C)C1. The topological polar surface area (TPSA) is 67.4 Å². The Hall–Kier alpha value is -2.15. The average Bonchev–Trinajstić information content (AvgIpc) is 3.29. The van der Waals surface area contributed by atoms with Crippen LogP contribution in [-0.2, 0) is 6.54 Å². The van der Waals surface area contributed by atoms with Gasteiger partial charge in [-0.1, -0.05) is 0 Å². The van der Waals surface area contributed by atoms with Crippen LogP contribution in [0.5, 0.6) is 0 Å². The summed E-state index contributed by atoms with van der Waals surface area (Å²) in [5, 5.41) is 4.22. The van der Waals surface area contributed by atoms with Crippen molar-refractivity contribution >= 4 is 5.91 Å². The lowest BCUT2D eigenvalue weighted by Crippen LogP contribution is -2.47. The number of piperidine rings is 1. The quantitative estimate of drug-likeness (QED) is 0.852. The molecule has 4 rings (SSSR count). The second kappa shape index (κ2) is 6.05. The van der Waals surface area contributed by atoms with Gasteiger partial charge in [-0.25, -0.2) is 4.98 Å². The zero-order chi connectivity index (χ0) is 16.7. The third-order valence-corrected chi connectivity index (χ3v) is 5.58. The first-order valence-electron chi connectivity index (χ1n) is 8.51. The molecule has 0 unspecified atom stereocenters. The summed E-state index contributed by atoms with van der Waals surface area (Å²) in [4.78, 5) is 21.1. The summed E-state index contributed by atoms with van der Waals surface area (Å²) in [6.45, 7) is 4.37. The summed E-state index contributed by atoms with van der Waals surface area (Å²) in [5.41, 5.74) is 0.912. The van der Waals surface area contributed by atoms with Gasteiger partial charge in [0.1, 0.15) is 12.7 Å². The first-order chi connectivity index (χ1) is 11.6. The predicted octanol–water partition coefficient (Wildman–Crippen LogP) is 1.41. The van der Waals surface area contributed by atoms with Crippen molar-refractivity contribution in [3.05, 3.63) is 36.3 Å². The molecule has 0 N–H and O–H groups in total. The van der Waals surface area contributed by atoms with Crippen molar-refractivity contribution in [1.29, 1.82) is 0 Å². The summed E-state index contributed by atoms with van der Waals surface area (Å²) in [6, 6.07) is 2.83. The van der Waals surface area contributed by atoms with Gasteiger partial charge in [0, 0.05) is 30.7 Å². The van der Waals surface area contributed by atoms with Gasteiger partial charge in [0.05, 0.1) is 12.8 Å². The van der Waals surface area contributed by atoms with E-state index in [-0.39, 0.29) is 5.91 Å². The Kier molecular flexibility index (Phi) is 3.88. The fourth-order valence-electron chi connectivity index (χ4n) is 4.24. The van der Waals surface area contributed by atoms with Gasteiger partial charge in [-0.3, -0.25) is 14.4 Å². The lowest BCUT2D eigenvalue weighted by molar-refractivity contribution is 0.0576. The van der Waals surface area contributed by atoms with Crippen LogP contribution in [0.4, 0.5) is 0 Å². The molecule has 0 aromatic carbocycles. The number of rotatable bonds is 3. The Morgan fingerprint density at radius 3 is 3.04 bits per heavy atom. The van der Waals surface area contributed by atoms with Crippen LogP contribution in [0.2, 0.25) is 0 Å². The fraction of sp³-hybridized carbons (Fsp3) is 0.588. The van der Waals surface area contributed by atoms with Crippen LogP contribution in [-0.4, -0.2) is 62.7 Å². The molecule has 2 saturated heterocycles. The number of hydrogen-bond acceptors (Lipinski definition) is 5. The molecule has 2 aliphatic rings. The number of furan rings is 1. The molecule has 4 heterocycles. The molecule has 2 aliphatic heterocycles. The number of carbonyl (C=O) groups is 1. The maximum Gasteiger partial charge on any atom is 0.289 e.